The van der Waals surface area contributed by atoms with Crippen LogP contribution < -0.4 is 10.6 Å². The molecule has 0 radical (unpaired) electrons. The molecular formula is C19H26N4O2. The Morgan fingerprint density at radius 1 is 1.24 bits per heavy atom. The van der Waals surface area contributed by atoms with Crippen LogP contribution in [-0.2, 0) is 11.2 Å². The molecule has 0 bridgehead atoms. The summed E-state index contributed by atoms with van der Waals surface area (Å²) in [5.41, 5.74) is 4.38. The van der Waals surface area contributed by atoms with E-state index in [1.807, 2.05) is 11.6 Å². The van der Waals surface area contributed by atoms with Crippen LogP contribution in [0.2, 0.25) is 0 Å². The number of hydrogen-bond donors (Lipinski definition) is 2. The molecule has 1 aliphatic heterocycles. The van der Waals surface area contributed by atoms with Gasteiger partial charge in [0.1, 0.15) is 0 Å². The average molecular weight is 342 g/mol. The molecule has 0 atom stereocenters. The maximum absolute atomic E-state index is 11.9. The second-order valence-corrected chi connectivity index (χ2v) is 6.54. The standard InChI is InChI=1S/C19H26N4O2/c1-14-13-15(2)23(22-14)18-5-3-16(4-6-18)7-10-20-19(24)21-17-8-11-25-12-9-17/h3-6,13,17H,7-12H2,1-2H3,(H2,20,21,24). The number of carbonyl (C=O) groups is 1. The highest BCUT2D eigenvalue weighted by Crippen LogP contribution is 2.13. The van der Waals surface area contributed by atoms with Gasteiger partial charge in [0.25, 0.3) is 0 Å². The molecule has 6 nitrogen and oxygen atoms in total. The molecule has 1 aromatic carbocycles. The Balaban J connectivity index is 1.45. The number of nitrogens with one attached hydrogen (secondary N) is 2. The fourth-order valence-corrected chi connectivity index (χ4v) is 3.09. The number of rotatable bonds is 5. The van der Waals surface area contributed by atoms with E-state index in [4.69, 9.17) is 4.74 Å². The molecular weight excluding hydrogens is 316 g/mol. The molecule has 1 fully saturated rings. The van der Waals surface area contributed by atoms with Crippen LogP contribution in [-0.4, -0.2) is 41.6 Å². The van der Waals surface area contributed by atoms with Crippen molar-refractivity contribution in [3.05, 3.63) is 47.3 Å². The maximum atomic E-state index is 11.9. The fourth-order valence-electron chi connectivity index (χ4n) is 3.09. The summed E-state index contributed by atoms with van der Waals surface area (Å²) in [5, 5.41) is 10.4. The van der Waals surface area contributed by atoms with Crippen molar-refractivity contribution in [3.63, 3.8) is 0 Å². The van der Waals surface area contributed by atoms with Crippen LogP contribution in [0.4, 0.5) is 4.79 Å². The van der Waals surface area contributed by atoms with E-state index in [1.54, 1.807) is 0 Å². The van der Waals surface area contributed by atoms with Gasteiger partial charge in [-0.2, -0.15) is 5.10 Å². The topological polar surface area (TPSA) is 68.2 Å². The SMILES string of the molecule is Cc1cc(C)n(-c2ccc(CCNC(=O)NC3CCOCC3)cc2)n1. The molecule has 6 heteroatoms. The normalized spacial score (nSPS) is 15.1. The Morgan fingerprint density at radius 3 is 2.60 bits per heavy atom. The van der Waals surface area contributed by atoms with Gasteiger partial charge in [0, 0.05) is 31.5 Å². The summed E-state index contributed by atoms with van der Waals surface area (Å²) in [7, 11) is 0. The lowest BCUT2D eigenvalue weighted by Crippen LogP contribution is -2.44. The van der Waals surface area contributed by atoms with E-state index in [0.717, 1.165) is 49.6 Å². The Bertz CT molecular complexity index is 703. The van der Waals surface area contributed by atoms with E-state index in [2.05, 4.69) is 53.0 Å². The molecule has 2 aromatic rings. The van der Waals surface area contributed by atoms with Gasteiger partial charge in [0.2, 0.25) is 0 Å². The number of aryl methyl sites for hydroxylation is 2. The smallest absolute Gasteiger partial charge is 0.315 e. The third-order valence-corrected chi connectivity index (χ3v) is 4.45. The summed E-state index contributed by atoms with van der Waals surface area (Å²) in [6.07, 6.45) is 2.58. The lowest BCUT2D eigenvalue weighted by atomic mass is 10.1. The summed E-state index contributed by atoms with van der Waals surface area (Å²) >= 11 is 0. The van der Waals surface area contributed by atoms with Crippen LogP contribution in [0.5, 0.6) is 0 Å². The first-order valence-corrected chi connectivity index (χ1v) is 8.86. The van der Waals surface area contributed by atoms with Gasteiger partial charge in [-0.1, -0.05) is 12.1 Å². The number of benzene rings is 1. The molecule has 0 aliphatic carbocycles. The Morgan fingerprint density at radius 2 is 1.96 bits per heavy atom. The zero-order valence-corrected chi connectivity index (χ0v) is 14.9. The van der Waals surface area contributed by atoms with Gasteiger partial charge in [-0.25, -0.2) is 9.48 Å². The molecule has 2 N–H and O–H groups in total. The number of amides is 2. The molecule has 2 amide bonds. The highest BCUT2D eigenvalue weighted by atomic mass is 16.5. The van der Waals surface area contributed by atoms with Crippen LogP contribution in [0.1, 0.15) is 29.8 Å². The van der Waals surface area contributed by atoms with Crippen molar-refractivity contribution in [1.82, 2.24) is 20.4 Å². The zero-order chi connectivity index (χ0) is 17.6. The summed E-state index contributed by atoms with van der Waals surface area (Å²) in [6.45, 7) is 6.12. The van der Waals surface area contributed by atoms with Gasteiger partial charge in [-0.05, 0) is 56.9 Å². The minimum absolute atomic E-state index is 0.0915. The fraction of sp³-hybridized carbons (Fsp3) is 0.474. The number of urea groups is 1. The molecule has 0 saturated carbocycles. The van der Waals surface area contributed by atoms with Gasteiger partial charge in [-0.3, -0.25) is 0 Å². The van der Waals surface area contributed by atoms with E-state index in [1.165, 1.54) is 5.56 Å². The van der Waals surface area contributed by atoms with Crippen LogP contribution in [0.3, 0.4) is 0 Å². The van der Waals surface area contributed by atoms with Crippen molar-refractivity contribution < 1.29 is 9.53 Å². The van der Waals surface area contributed by atoms with Crippen molar-refractivity contribution in [3.8, 4) is 5.69 Å². The molecule has 25 heavy (non-hydrogen) atoms. The van der Waals surface area contributed by atoms with Crippen molar-refractivity contribution >= 4 is 6.03 Å². The number of aromatic nitrogens is 2. The van der Waals surface area contributed by atoms with Crippen molar-refractivity contribution in [2.24, 2.45) is 0 Å². The Hall–Kier alpha value is -2.34. The van der Waals surface area contributed by atoms with Crippen LogP contribution in [0.25, 0.3) is 5.69 Å². The molecule has 134 valence electrons. The van der Waals surface area contributed by atoms with E-state index in [0.29, 0.717) is 6.54 Å². The van der Waals surface area contributed by atoms with Gasteiger partial charge in [-0.15, -0.1) is 0 Å². The van der Waals surface area contributed by atoms with Crippen molar-refractivity contribution in [2.45, 2.75) is 39.2 Å². The lowest BCUT2D eigenvalue weighted by molar-refractivity contribution is 0.0801. The summed E-state index contributed by atoms with van der Waals surface area (Å²) in [5.74, 6) is 0. The third-order valence-electron chi connectivity index (χ3n) is 4.45. The molecule has 3 rings (SSSR count). The van der Waals surface area contributed by atoms with Gasteiger partial charge >= 0.3 is 6.03 Å². The van der Waals surface area contributed by atoms with Gasteiger partial charge in [0.05, 0.1) is 11.4 Å². The molecule has 1 saturated heterocycles. The number of carbonyl (C=O) groups excluding carboxylic acids is 1. The number of nitrogens with zero attached hydrogens (tertiary/aromatic N) is 2. The van der Waals surface area contributed by atoms with Gasteiger partial charge < -0.3 is 15.4 Å². The number of ether oxygens (including phenoxy) is 1. The summed E-state index contributed by atoms with van der Waals surface area (Å²) in [4.78, 5) is 11.9. The second kappa shape index (κ2) is 8.16. The summed E-state index contributed by atoms with van der Waals surface area (Å²) < 4.78 is 7.24. The maximum Gasteiger partial charge on any atom is 0.315 e. The van der Waals surface area contributed by atoms with E-state index < -0.39 is 0 Å². The molecule has 1 aromatic heterocycles. The van der Waals surface area contributed by atoms with E-state index >= 15 is 0 Å². The highest BCUT2D eigenvalue weighted by molar-refractivity contribution is 5.74. The van der Waals surface area contributed by atoms with Crippen molar-refractivity contribution in [2.75, 3.05) is 19.8 Å². The number of hydrogen-bond acceptors (Lipinski definition) is 3. The quantitative estimate of drug-likeness (QED) is 0.877. The largest absolute Gasteiger partial charge is 0.381 e. The first-order chi connectivity index (χ1) is 12.1. The van der Waals surface area contributed by atoms with Crippen LogP contribution >= 0.6 is 0 Å². The predicted molar refractivity (Wildman–Crippen MR) is 97.1 cm³/mol. The zero-order valence-electron chi connectivity index (χ0n) is 14.9. The molecule has 0 unspecified atom stereocenters. The first kappa shape index (κ1) is 17.5. The predicted octanol–water partition coefficient (Wildman–Crippen LogP) is 2.51. The second-order valence-electron chi connectivity index (χ2n) is 6.54. The lowest BCUT2D eigenvalue weighted by Gasteiger charge is -2.23. The highest BCUT2D eigenvalue weighted by Gasteiger charge is 2.15. The minimum Gasteiger partial charge on any atom is -0.381 e. The van der Waals surface area contributed by atoms with Crippen LogP contribution in [0.15, 0.2) is 30.3 Å². The average Bonchev–Trinajstić information content (AvgIpc) is 2.95. The molecule has 1 aliphatic rings. The Labute approximate surface area is 148 Å². The van der Waals surface area contributed by atoms with Crippen LogP contribution in [0, 0.1) is 13.8 Å². The molecule has 0 spiro atoms. The van der Waals surface area contributed by atoms with Gasteiger partial charge in [0.15, 0.2) is 0 Å². The monoisotopic (exact) mass is 342 g/mol. The molecule has 2 heterocycles. The van der Waals surface area contributed by atoms with Crippen molar-refractivity contribution in [1.29, 1.82) is 0 Å². The Kier molecular flexibility index (Phi) is 5.71. The van der Waals surface area contributed by atoms with E-state index in [9.17, 15) is 4.79 Å². The minimum atomic E-state index is -0.0915. The third kappa shape index (κ3) is 4.82. The summed E-state index contributed by atoms with van der Waals surface area (Å²) in [6, 6.07) is 10.5. The first-order valence-electron chi connectivity index (χ1n) is 8.86. The van der Waals surface area contributed by atoms with E-state index in [-0.39, 0.29) is 12.1 Å².